The minimum absolute atomic E-state index is 0.173. The van der Waals surface area contributed by atoms with Gasteiger partial charge < -0.3 is 14.5 Å². The van der Waals surface area contributed by atoms with Gasteiger partial charge in [-0.2, -0.15) is 5.26 Å². The van der Waals surface area contributed by atoms with Crippen LogP contribution in [0.25, 0.3) is 10.9 Å². The van der Waals surface area contributed by atoms with E-state index in [-0.39, 0.29) is 13.2 Å². The van der Waals surface area contributed by atoms with E-state index < -0.39 is 17.9 Å². The minimum atomic E-state index is -1.16. The van der Waals surface area contributed by atoms with Crippen LogP contribution in [-0.2, 0) is 19.1 Å². The highest BCUT2D eigenvalue weighted by atomic mass is 16.6. The molecule has 120 valence electrons. The van der Waals surface area contributed by atoms with Crippen LogP contribution in [0, 0.1) is 18.3 Å². The summed E-state index contributed by atoms with van der Waals surface area (Å²) in [5.41, 5.74) is 2.42. The third kappa shape index (κ3) is 3.19. The molecular formula is C17H18N2O4. The fourth-order valence-corrected chi connectivity index (χ4v) is 2.49. The van der Waals surface area contributed by atoms with Crippen molar-refractivity contribution in [1.82, 2.24) is 4.98 Å². The van der Waals surface area contributed by atoms with Gasteiger partial charge in [-0.15, -0.1) is 0 Å². The van der Waals surface area contributed by atoms with Crippen molar-refractivity contribution >= 4 is 22.8 Å². The van der Waals surface area contributed by atoms with E-state index >= 15 is 0 Å². The highest BCUT2D eigenvalue weighted by Gasteiger charge is 2.34. The second-order valence-corrected chi connectivity index (χ2v) is 4.97. The number of fused-ring (bicyclic) bond motifs is 1. The molecule has 6 nitrogen and oxygen atoms in total. The maximum absolute atomic E-state index is 12.2. The number of aromatic amines is 1. The number of nitriles is 1. The van der Waals surface area contributed by atoms with E-state index in [4.69, 9.17) is 14.7 Å². The number of carbonyl (C=O) groups excluding carboxylic acids is 2. The number of esters is 2. The molecule has 0 radical (unpaired) electrons. The Morgan fingerprint density at radius 2 is 1.83 bits per heavy atom. The summed E-state index contributed by atoms with van der Waals surface area (Å²) in [6.45, 7) is 5.49. The average molecular weight is 314 g/mol. The largest absolute Gasteiger partial charge is 0.465 e. The Bertz CT molecular complexity index is 768. The van der Waals surface area contributed by atoms with Crippen LogP contribution in [-0.4, -0.2) is 30.1 Å². The van der Waals surface area contributed by atoms with Gasteiger partial charge in [0.2, 0.25) is 0 Å². The molecule has 2 rings (SSSR count). The van der Waals surface area contributed by atoms with Crippen molar-refractivity contribution in [2.24, 2.45) is 0 Å². The van der Waals surface area contributed by atoms with Crippen LogP contribution < -0.4 is 0 Å². The van der Waals surface area contributed by atoms with Gasteiger partial charge >= 0.3 is 11.9 Å². The Morgan fingerprint density at radius 3 is 2.35 bits per heavy atom. The number of carbonyl (C=O) groups is 2. The zero-order valence-electron chi connectivity index (χ0n) is 13.3. The van der Waals surface area contributed by atoms with Gasteiger partial charge in [0.15, 0.2) is 5.92 Å². The van der Waals surface area contributed by atoms with Crippen molar-refractivity contribution in [3.8, 4) is 6.07 Å². The molecule has 0 saturated carbocycles. The third-order valence-corrected chi connectivity index (χ3v) is 3.56. The van der Waals surface area contributed by atoms with Crippen molar-refractivity contribution in [2.45, 2.75) is 26.7 Å². The predicted molar refractivity (Wildman–Crippen MR) is 83.8 cm³/mol. The summed E-state index contributed by atoms with van der Waals surface area (Å²) in [5, 5.41) is 9.80. The Morgan fingerprint density at radius 1 is 1.22 bits per heavy atom. The number of aromatic nitrogens is 1. The second kappa shape index (κ2) is 6.97. The lowest BCUT2D eigenvalue weighted by molar-refractivity contribution is -0.157. The molecule has 1 N–H and O–H groups in total. The van der Waals surface area contributed by atoms with Crippen LogP contribution in [0.5, 0.6) is 0 Å². The standard InChI is InChI=1S/C17H18N2O4/c1-4-22-16(20)14(17(21)23-5-2)15-10(3)12-8-11(9-18)6-7-13(12)19-15/h6-8,14,19H,4-5H2,1-3H3. The molecule has 1 heterocycles. The van der Waals surface area contributed by atoms with Crippen molar-refractivity contribution in [3.63, 3.8) is 0 Å². The quantitative estimate of drug-likeness (QED) is 0.676. The van der Waals surface area contributed by atoms with Gasteiger partial charge in [-0.1, -0.05) is 0 Å². The molecule has 1 aromatic heterocycles. The predicted octanol–water partition coefficient (Wildman–Crippen LogP) is 2.56. The molecule has 0 aliphatic heterocycles. The summed E-state index contributed by atoms with van der Waals surface area (Å²) in [4.78, 5) is 27.5. The van der Waals surface area contributed by atoms with Crippen molar-refractivity contribution < 1.29 is 19.1 Å². The first-order valence-electron chi connectivity index (χ1n) is 7.39. The topological polar surface area (TPSA) is 92.2 Å². The summed E-state index contributed by atoms with van der Waals surface area (Å²) >= 11 is 0. The number of hydrogen-bond acceptors (Lipinski definition) is 5. The molecule has 23 heavy (non-hydrogen) atoms. The zero-order valence-corrected chi connectivity index (χ0v) is 13.3. The van der Waals surface area contributed by atoms with Crippen molar-refractivity contribution in [3.05, 3.63) is 35.0 Å². The van der Waals surface area contributed by atoms with Gasteiger partial charge in [0.25, 0.3) is 0 Å². The van der Waals surface area contributed by atoms with Crippen LogP contribution in [0.3, 0.4) is 0 Å². The molecule has 0 spiro atoms. The maximum atomic E-state index is 12.2. The summed E-state index contributed by atoms with van der Waals surface area (Å²) in [7, 11) is 0. The van der Waals surface area contributed by atoms with Crippen LogP contribution in [0.4, 0.5) is 0 Å². The minimum Gasteiger partial charge on any atom is -0.465 e. The van der Waals surface area contributed by atoms with E-state index in [1.54, 1.807) is 39.0 Å². The molecule has 1 aromatic carbocycles. The van der Waals surface area contributed by atoms with E-state index in [0.29, 0.717) is 11.3 Å². The fourth-order valence-electron chi connectivity index (χ4n) is 2.49. The molecule has 0 atom stereocenters. The Hall–Kier alpha value is -2.81. The SMILES string of the molecule is CCOC(=O)C(C(=O)OCC)c1[nH]c2ccc(C#N)cc2c1C. The van der Waals surface area contributed by atoms with E-state index in [1.165, 1.54) is 0 Å². The lowest BCUT2D eigenvalue weighted by Crippen LogP contribution is -2.27. The van der Waals surface area contributed by atoms with Crippen LogP contribution in [0.15, 0.2) is 18.2 Å². The van der Waals surface area contributed by atoms with Gasteiger partial charge in [-0.25, -0.2) is 0 Å². The first kappa shape index (κ1) is 16.6. The Kier molecular flexibility index (Phi) is 5.02. The molecular weight excluding hydrogens is 296 g/mol. The molecule has 0 aliphatic carbocycles. The first-order chi connectivity index (χ1) is 11.0. The highest BCUT2D eigenvalue weighted by molar-refractivity contribution is 6.02. The molecule has 0 saturated heterocycles. The molecule has 6 heteroatoms. The molecule has 2 aromatic rings. The molecule has 0 unspecified atom stereocenters. The number of H-pyrrole nitrogens is 1. The lowest BCUT2D eigenvalue weighted by Gasteiger charge is -2.14. The van der Waals surface area contributed by atoms with E-state index in [1.807, 2.05) is 0 Å². The van der Waals surface area contributed by atoms with E-state index in [9.17, 15) is 9.59 Å². The number of rotatable bonds is 5. The van der Waals surface area contributed by atoms with Crippen molar-refractivity contribution in [1.29, 1.82) is 5.26 Å². The number of nitrogens with one attached hydrogen (secondary N) is 1. The molecule has 0 amide bonds. The molecule has 0 aliphatic rings. The number of aryl methyl sites for hydroxylation is 1. The van der Waals surface area contributed by atoms with Crippen LogP contribution in [0.1, 0.15) is 36.6 Å². The third-order valence-electron chi connectivity index (χ3n) is 3.56. The van der Waals surface area contributed by atoms with Gasteiger partial charge in [0.1, 0.15) is 0 Å². The Balaban J connectivity index is 2.56. The zero-order chi connectivity index (χ0) is 17.0. The van der Waals surface area contributed by atoms with Crippen LogP contribution in [0.2, 0.25) is 0 Å². The smallest absolute Gasteiger partial charge is 0.326 e. The normalized spacial score (nSPS) is 10.6. The van der Waals surface area contributed by atoms with Gasteiger partial charge in [-0.3, -0.25) is 9.59 Å². The maximum Gasteiger partial charge on any atom is 0.326 e. The first-order valence-corrected chi connectivity index (χ1v) is 7.39. The highest BCUT2D eigenvalue weighted by Crippen LogP contribution is 2.29. The van der Waals surface area contributed by atoms with Gasteiger partial charge in [0.05, 0.1) is 24.8 Å². The number of ether oxygens (including phenoxy) is 2. The average Bonchev–Trinajstić information content (AvgIpc) is 2.84. The fraction of sp³-hybridized carbons (Fsp3) is 0.353. The summed E-state index contributed by atoms with van der Waals surface area (Å²) in [5.74, 6) is -2.46. The summed E-state index contributed by atoms with van der Waals surface area (Å²) in [6.07, 6.45) is 0. The monoisotopic (exact) mass is 314 g/mol. The molecule has 0 bridgehead atoms. The van der Waals surface area contributed by atoms with Gasteiger partial charge in [0, 0.05) is 16.6 Å². The lowest BCUT2D eigenvalue weighted by atomic mass is 10.0. The van der Waals surface area contributed by atoms with Gasteiger partial charge in [-0.05, 0) is 44.5 Å². The summed E-state index contributed by atoms with van der Waals surface area (Å²) in [6, 6.07) is 7.21. The number of hydrogen-bond donors (Lipinski definition) is 1. The van der Waals surface area contributed by atoms with Crippen molar-refractivity contribution in [2.75, 3.05) is 13.2 Å². The number of benzene rings is 1. The molecule has 0 fully saturated rings. The van der Waals surface area contributed by atoms with Crippen LogP contribution >= 0.6 is 0 Å². The Labute approximate surface area is 134 Å². The second-order valence-electron chi connectivity index (χ2n) is 4.97. The summed E-state index contributed by atoms with van der Waals surface area (Å²) < 4.78 is 10.0. The van der Waals surface area contributed by atoms with E-state index in [0.717, 1.165) is 16.5 Å². The number of nitrogens with zero attached hydrogens (tertiary/aromatic N) is 1. The van der Waals surface area contributed by atoms with E-state index in [2.05, 4.69) is 11.1 Å².